The Hall–Kier alpha value is -1.57. The zero-order valence-electron chi connectivity index (χ0n) is 12.1. The highest BCUT2D eigenvalue weighted by atomic mass is 35.5. The number of carbonyl (C=O) groups is 1. The first-order chi connectivity index (χ1) is 10.2. The van der Waals surface area contributed by atoms with Crippen molar-refractivity contribution in [2.75, 3.05) is 19.7 Å². The Labute approximate surface area is 130 Å². The molecule has 1 atom stereocenters. The summed E-state index contributed by atoms with van der Waals surface area (Å²) in [6.07, 6.45) is 1.48. The van der Waals surface area contributed by atoms with Crippen LogP contribution >= 0.6 is 11.6 Å². The Morgan fingerprint density at radius 3 is 2.57 bits per heavy atom. The van der Waals surface area contributed by atoms with E-state index in [1.807, 2.05) is 19.1 Å². The normalized spacial score (nSPS) is 18.0. The van der Waals surface area contributed by atoms with Crippen LogP contribution in [0.5, 0.6) is 0 Å². The molecule has 0 N–H and O–H groups in total. The van der Waals surface area contributed by atoms with Gasteiger partial charge in [-0.1, -0.05) is 23.7 Å². The molecule has 2 rings (SSSR count). The van der Waals surface area contributed by atoms with Gasteiger partial charge >= 0.3 is 5.97 Å². The third kappa shape index (κ3) is 3.96. The number of piperidine rings is 1. The van der Waals surface area contributed by atoms with Crippen LogP contribution in [-0.4, -0.2) is 30.6 Å². The lowest BCUT2D eigenvalue weighted by Crippen LogP contribution is -2.38. The van der Waals surface area contributed by atoms with Gasteiger partial charge in [0.2, 0.25) is 0 Å². The minimum Gasteiger partial charge on any atom is -0.466 e. The summed E-state index contributed by atoms with van der Waals surface area (Å²) in [7, 11) is 0. The second-order valence-corrected chi connectivity index (χ2v) is 5.58. The molecule has 1 aromatic carbocycles. The van der Waals surface area contributed by atoms with Crippen molar-refractivity contribution in [1.29, 1.82) is 5.26 Å². The van der Waals surface area contributed by atoms with Gasteiger partial charge in [-0.3, -0.25) is 9.69 Å². The van der Waals surface area contributed by atoms with Crippen LogP contribution in [0.15, 0.2) is 24.3 Å². The number of halogens is 1. The molecule has 1 aromatic rings. The van der Waals surface area contributed by atoms with Crippen LogP contribution in [0.25, 0.3) is 0 Å². The molecule has 0 radical (unpaired) electrons. The van der Waals surface area contributed by atoms with Crippen molar-refractivity contribution in [2.24, 2.45) is 5.92 Å². The van der Waals surface area contributed by atoms with E-state index in [0.29, 0.717) is 11.6 Å². The molecule has 0 unspecified atom stereocenters. The van der Waals surface area contributed by atoms with Crippen molar-refractivity contribution in [3.63, 3.8) is 0 Å². The SMILES string of the molecule is CCOC(=O)C1CCN([C@@H](C#N)c2ccc(Cl)cc2)CC1. The van der Waals surface area contributed by atoms with Crippen molar-refractivity contribution < 1.29 is 9.53 Å². The summed E-state index contributed by atoms with van der Waals surface area (Å²) in [5.74, 6) is -0.150. The molecule has 1 saturated heterocycles. The smallest absolute Gasteiger partial charge is 0.309 e. The van der Waals surface area contributed by atoms with E-state index in [0.717, 1.165) is 31.5 Å². The van der Waals surface area contributed by atoms with E-state index >= 15 is 0 Å². The van der Waals surface area contributed by atoms with E-state index in [4.69, 9.17) is 16.3 Å². The number of hydrogen-bond acceptors (Lipinski definition) is 4. The van der Waals surface area contributed by atoms with Crippen molar-refractivity contribution in [3.8, 4) is 6.07 Å². The van der Waals surface area contributed by atoms with E-state index in [2.05, 4.69) is 11.0 Å². The molecule has 0 spiro atoms. The first-order valence-electron chi connectivity index (χ1n) is 7.21. The quantitative estimate of drug-likeness (QED) is 0.802. The number of nitrogens with zero attached hydrogens (tertiary/aromatic N) is 2. The molecule has 21 heavy (non-hydrogen) atoms. The maximum absolute atomic E-state index is 11.7. The van der Waals surface area contributed by atoms with Crippen molar-refractivity contribution in [3.05, 3.63) is 34.9 Å². The first kappa shape index (κ1) is 15.8. The number of esters is 1. The molecule has 1 fully saturated rings. The van der Waals surface area contributed by atoms with Crippen molar-refractivity contribution in [2.45, 2.75) is 25.8 Å². The number of rotatable bonds is 4. The predicted molar refractivity (Wildman–Crippen MR) is 80.7 cm³/mol. The van der Waals surface area contributed by atoms with Crippen LogP contribution in [-0.2, 0) is 9.53 Å². The minimum absolute atomic E-state index is 0.0363. The molecular weight excluding hydrogens is 288 g/mol. The predicted octanol–water partition coefficient (Wildman–Crippen LogP) is 3.18. The highest BCUT2D eigenvalue weighted by Crippen LogP contribution is 2.27. The van der Waals surface area contributed by atoms with Gasteiger partial charge in [0.25, 0.3) is 0 Å². The summed E-state index contributed by atoms with van der Waals surface area (Å²) in [6, 6.07) is 9.42. The third-order valence-corrected chi connectivity index (χ3v) is 4.07. The van der Waals surface area contributed by atoms with Crippen LogP contribution in [0.1, 0.15) is 31.4 Å². The maximum atomic E-state index is 11.7. The van der Waals surface area contributed by atoms with Gasteiger partial charge in [0.1, 0.15) is 6.04 Å². The molecule has 0 bridgehead atoms. The number of hydrogen-bond donors (Lipinski definition) is 0. The Morgan fingerprint density at radius 1 is 1.43 bits per heavy atom. The molecule has 112 valence electrons. The standard InChI is InChI=1S/C16H19ClN2O2/c1-2-21-16(20)13-7-9-19(10-8-13)15(11-18)12-3-5-14(17)6-4-12/h3-6,13,15H,2,7-10H2,1H3/t15-/m0/s1. The van der Waals surface area contributed by atoms with Gasteiger partial charge in [-0.2, -0.15) is 5.26 Å². The fraction of sp³-hybridized carbons (Fsp3) is 0.500. The highest BCUT2D eigenvalue weighted by molar-refractivity contribution is 6.30. The monoisotopic (exact) mass is 306 g/mol. The molecule has 0 aliphatic carbocycles. The zero-order chi connectivity index (χ0) is 15.2. The summed E-state index contributed by atoms with van der Waals surface area (Å²) in [6.45, 7) is 3.69. The lowest BCUT2D eigenvalue weighted by molar-refractivity contribution is -0.149. The van der Waals surface area contributed by atoms with Crippen LogP contribution < -0.4 is 0 Å². The van der Waals surface area contributed by atoms with E-state index in [-0.39, 0.29) is 17.9 Å². The molecule has 1 aliphatic rings. The van der Waals surface area contributed by atoms with Gasteiger partial charge in [0.05, 0.1) is 18.6 Å². The molecule has 0 aromatic heterocycles. The summed E-state index contributed by atoms with van der Waals surface area (Å²) >= 11 is 5.88. The summed E-state index contributed by atoms with van der Waals surface area (Å²) in [5, 5.41) is 10.1. The fourth-order valence-electron chi connectivity index (χ4n) is 2.67. The number of carbonyl (C=O) groups excluding carboxylic acids is 1. The number of benzene rings is 1. The van der Waals surface area contributed by atoms with Gasteiger partial charge in [0.15, 0.2) is 0 Å². The molecular formula is C16H19ClN2O2. The second kappa shape index (κ2) is 7.44. The number of likely N-dealkylation sites (tertiary alicyclic amines) is 1. The highest BCUT2D eigenvalue weighted by Gasteiger charge is 2.30. The van der Waals surface area contributed by atoms with Crippen molar-refractivity contribution in [1.82, 2.24) is 4.90 Å². The molecule has 5 heteroatoms. The maximum Gasteiger partial charge on any atom is 0.309 e. The molecule has 1 aliphatic heterocycles. The Kier molecular flexibility index (Phi) is 5.60. The first-order valence-corrected chi connectivity index (χ1v) is 7.59. The van der Waals surface area contributed by atoms with Gasteiger partial charge in [-0.15, -0.1) is 0 Å². The third-order valence-electron chi connectivity index (χ3n) is 3.82. The van der Waals surface area contributed by atoms with Gasteiger partial charge in [-0.05, 0) is 37.5 Å². The lowest BCUT2D eigenvalue weighted by atomic mass is 9.94. The van der Waals surface area contributed by atoms with Crippen LogP contribution in [0.2, 0.25) is 5.02 Å². The molecule has 1 heterocycles. The molecule has 0 saturated carbocycles. The van der Waals surface area contributed by atoms with E-state index in [1.165, 1.54) is 0 Å². The van der Waals surface area contributed by atoms with Gasteiger partial charge < -0.3 is 4.74 Å². The molecule has 4 nitrogen and oxygen atoms in total. The topological polar surface area (TPSA) is 53.3 Å². The summed E-state index contributed by atoms with van der Waals surface area (Å²) < 4.78 is 5.06. The Morgan fingerprint density at radius 2 is 2.05 bits per heavy atom. The Bertz CT molecular complexity index is 516. The van der Waals surface area contributed by atoms with E-state index in [9.17, 15) is 10.1 Å². The van der Waals surface area contributed by atoms with E-state index < -0.39 is 0 Å². The zero-order valence-corrected chi connectivity index (χ0v) is 12.8. The van der Waals surface area contributed by atoms with Gasteiger partial charge in [-0.25, -0.2) is 0 Å². The van der Waals surface area contributed by atoms with Gasteiger partial charge in [0, 0.05) is 18.1 Å². The van der Waals surface area contributed by atoms with Crippen LogP contribution in [0.4, 0.5) is 0 Å². The Balaban J connectivity index is 1.98. The average molecular weight is 307 g/mol. The fourth-order valence-corrected chi connectivity index (χ4v) is 2.79. The number of nitriles is 1. The average Bonchev–Trinajstić information content (AvgIpc) is 2.51. The number of ether oxygens (including phenoxy) is 1. The van der Waals surface area contributed by atoms with Crippen molar-refractivity contribution >= 4 is 17.6 Å². The van der Waals surface area contributed by atoms with Crippen LogP contribution in [0.3, 0.4) is 0 Å². The summed E-state index contributed by atoms with van der Waals surface area (Å²) in [5.41, 5.74) is 0.941. The summed E-state index contributed by atoms with van der Waals surface area (Å²) in [4.78, 5) is 13.8. The molecule has 0 amide bonds. The largest absolute Gasteiger partial charge is 0.466 e. The second-order valence-electron chi connectivity index (χ2n) is 5.15. The lowest BCUT2D eigenvalue weighted by Gasteiger charge is -2.33. The minimum atomic E-state index is -0.287. The van der Waals surface area contributed by atoms with E-state index in [1.54, 1.807) is 12.1 Å². The van der Waals surface area contributed by atoms with Crippen LogP contribution in [0, 0.1) is 17.2 Å².